The minimum atomic E-state index is 0.110. The predicted octanol–water partition coefficient (Wildman–Crippen LogP) is 4.47. The van der Waals surface area contributed by atoms with Crippen molar-refractivity contribution >= 4 is 23.1 Å². The fourth-order valence-corrected chi connectivity index (χ4v) is 5.11. The third kappa shape index (κ3) is 4.20. The lowest BCUT2D eigenvalue weighted by molar-refractivity contribution is 0.516. The third-order valence-electron chi connectivity index (χ3n) is 3.63. The Morgan fingerprint density at radius 2 is 1.95 bits per heavy atom. The summed E-state index contributed by atoms with van der Waals surface area (Å²) in [7, 11) is 0. The first-order valence-electron chi connectivity index (χ1n) is 7.31. The van der Waals surface area contributed by atoms with Crippen molar-refractivity contribution in [3.05, 3.63) is 15.6 Å². The number of hydrogen-bond donors (Lipinski definition) is 1. The zero-order valence-corrected chi connectivity index (χ0v) is 14.0. The summed E-state index contributed by atoms with van der Waals surface area (Å²) < 4.78 is 0. The second-order valence-electron chi connectivity index (χ2n) is 6.40. The van der Waals surface area contributed by atoms with Crippen LogP contribution in [0.5, 0.6) is 0 Å². The Morgan fingerprint density at radius 1 is 1.26 bits per heavy atom. The van der Waals surface area contributed by atoms with E-state index in [2.05, 4.69) is 32.5 Å². The van der Waals surface area contributed by atoms with E-state index in [-0.39, 0.29) is 5.41 Å². The van der Waals surface area contributed by atoms with Gasteiger partial charge in [-0.3, -0.25) is 0 Å². The summed E-state index contributed by atoms with van der Waals surface area (Å²) in [6.45, 7) is 7.29. The zero-order chi connectivity index (χ0) is 13.9. The molecule has 2 N–H and O–H groups in total. The quantitative estimate of drug-likeness (QED) is 0.891. The molecule has 0 unspecified atom stereocenters. The monoisotopic (exact) mass is 298 g/mol. The molecule has 1 fully saturated rings. The number of rotatable bonds is 4. The summed E-state index contributed by atoms with van der Waals surface area (Å²) >= 11 is 3.92. The number of nitrogens with two attached hydrogens (primary N) is 1. The van der Waals surface area contributed by atoms with Crippen molar-refractivity contribution in [2.24, 2.45) is 5.73 Å². The maximum absolute atomic E-state index is 5.86. The molecule has 1 aliphatic carbocycles. The lowest BCUT2D eigenvalue weighted by atomic mass is 9.91. The molecule has 19 heavy (non-hydrogen) atoms. The fraction of sp³-hybridized carbons (Fsp3) is 0.800. The number of thiazole rings is 1. The molecule has 0 radical (unpaired) electrons. The van der Waals surface area contributed by atoms with Gasteiger partial charge >= 0.3 is 0 Å². The van der Waals surface area contributed by atoms with Crippen LogP contribution >= 0.6 is 23.1 Å². The van der Waals surface area contributed by atoms with E-state index < -0.39 is 0 Å². The molecular weight excluding hydrogens is 272 g/mol. The van der Waals surface area contributed by atoms with Crippen molar-refractivity contribution in [3.63, 3.8) is 0 Å². The molecule has 0 aromatic carbocycles. The van der Waals surface area contributed by atoms with E-state index >= 15 is 0 Å². The summed E-state index contributed by atoms with van der Waals surface area (Å²) in [5, 5.41) is 2.12. The first-order valence-corrected chi connectivity index (χ1v) is 9.18. The normalized spacial score (nSPS) is 17.9. The van der Waals surface area contributed by atoms with Gasteiger partial charge in [-0.2, -0.15) is 11.8 Å². The van der Waals surface area contributed by atoms with Crippen LogP contribution in [-0.4, -0.2) is 10.2 Å². The SMILES string of the molecule is CC(C)(C)c1nc(CSC2CCCCC2)sc1CN. The lowest BCUT2D eigenvalue weighted by Crippen LogP contribution is -2.15. The molecule has 4 heteroatoms. The Kier molecular flexibility index (Phi) is 5.32. The van der Waals surface area contributed by atoms with Crippen LogP contribution in [0.2, 0.25) is 0 Å². The average molecular weight is 299 g/mol. The Bertz CT molecular complexity index is 401. The summed E-state index contributed by atoms with van der Waals surface area (Å²) in [4.78, 5) is 6.12. The molecule has 2 nitrogen and oxygen atoms in total. The fourth-order valence-electron chi connectivity index (χ4n) is 2.61. The van der Waals surface area contributed by atoms with E-state index in [0.29, 0.717) is 6.54 Å². The van der Waals surface area contributed by atoms with Gasteiger partial charge in [-0.05, 0) is 12.8 Å². The molecule has 108 valence electrons. The van der Waals surface area contributed by atoms with Crippen molar-refractivity contribution in [1.29, 1.82) is 0 Å². The second-order valence-corrected chi connectivity index (χ2v) is 8.86. The van der Waals surface area contributed by atoms with Crippen LogP contribution in [0.3, 0.4) is 0 Å². The highest BCUT2D eigenvalue weighted by atomic mass is 32.2. The van der Waals surface area contributed by atoms with Gasteiger partial charge in [-0.15, -0.1) is 11.3 Å². The smallest absolute Gasteiger partial charge is 0.103 e. The molecule has 0 atom stereocenters. The minimum absolute atomic E-state index is 0.110. The Morgan fingerprint density at radius 3 is 2.47 bits per heavy atom. The molecule has 0 aliphatic heterocycles. The molecule has 0 amide bonds. The Labute approximate surface area is 125 Å². The maximum atomic E-state index is 5.86. The van der Waals surface area contributed by atoms with Crippen molar-refractivity contribution in [2.45, 2.75) is 75.8 Å². The summed E-state index contributed by atoms with van der Waals surface area (Å²) in [5.74, 6) is 1.07. The largest absolute Gasteiger partial charge is 0.326 e. The standard InChI is InChI=1S/C15H26N2S2/c1-15(2,3)14-12(9-16)19-13(17-14)10-18-11-7-5-4-6-8-11/h11H,4-10,16H2,1-3H3. The third-order valence-corrected chi connectivity index (χ3v) is 6.28. The van der Waals surface area contributed by atoms with Crippen LogP contribution in [0.1, 0.15) is 68.5 Å². The topological polar surface area (TPSA) is 38.9 Å². The highest BCUT2D eigenvalue weighted by Crippen LogP contribution is 2.34. The van der Waals surface area contributed by atoms with Gasteiger partial charge in [0, 0.05) is 27.8 Å². The first kappa shape index (κ1) is 15.3. The average Bonchev–Trinajstić information content (AvgIpc) is 2.81. The molecule has 1 heterocycles. The van der Waals surface area contributed by atoms with Gasteiger partial charge in [0.05, 0.1) is 5.69 Å². The molecule has 1 saturated carbocycles. The van der Waals surface area contributed by atoms with Crippen molar-refractivity contribution in [3.8, 4) is 0 Å². The van der Waals surface area contributed by atoms with Crippen molar-refractivity contribution in [1.82, 2.24) is 4.98 Å². The Hall–Kier alpha value is -0.0600. The van der Waals surface area contributed by atoms with Gasteiger partial charge in [-0.1, -0.05) is 40.0 Å². The van der Waals surface area contributed by atoms with Gasteiger partial charge in [-0.25, -0.2) is 4.98 Å². The van der Waals surface area contributed by atoms with Crippen molar-refractivity contribution < 1.29 is 0 Å². The molecular formula is C15H26N2S2. The summed E-state index contributed by atoms with van der Waals surface area (Å²) in [5.41, 5.74) is 7.18. The van der Waals surface area contributed by atoms with E-state index in [9.17, 15) is 0 Å². The number of hydrogen-bond acceptors (Lipinski definition) is 4. The van der Waals surface area contributed by atoms with Gasteiger partial charge in [0.15, 0.2) is 0 Å². The minimum Gasteiger partial charge on any atom is -0.326 e. The number of thioether (sulfide) groups is 1. The van der Waals surface area contributed by atoms with Crippen LogP contribution in [0.25, 0.3) is 0 Å². The number of aromatic nitrogens is 1. The van der Waals surface area contributed by atoms with Gasteiger partial charge in [0.25, 0.3) is 0 Å². The molecule has 1 aliphatic rings. The van der Waals surface area contributed by atoms with E-state index in [4.69, 9.17) is 10.7 Å². The molecule has 0 bridgehead atoms. The summed E-state index contributed by atoms with van der Waals surface area (Å²) in [6.07, 6.45) is 7.05. The van der Waals surface area contributed by atoms with E-state index in [1.807, 2.05) is 11.3 Å². The highest BCUT2D eigenvalue weighted by Gasteiger charge is 2.23. The maximum Gasteiger partial charge on any atom is 0.103 e. The lowest BCUT2D eigenvalue weighted by Gasteiger charge is -2.20. The van der Waals surface area contributed by atoms with Crippen LogP contribution in [0.15, 0.2) is 0 Å². The molecule has 2 rings (SSSR count). The molecule has 0 spiro atoms. The predicted molar refractivity (Wildman–Crippen MR) is 86.9 cm³/mol. The van der Waals surface area contributed by atoms with E-state index in [1.54, 1.807) is 0 Å². The Balaban J connectivity index is 1.98. The highest BCUT2D eigenvalue weighted by molar-refractivity contribution is 7.99. The van der Waals surface area contributed by atoms with Gasteiger partial charge in [0.1, 0.15) is 5.01 Å². The van der Waals surface area contributed by atoms with Crippen LogP contribution < -0.4 is 5.73 Å². The molecule has 1 aromatic heterocycles. The van der Waals surface area contributed by atoms with Crippen molar-refractivity contribution in [2.75, 3.05) is 0 Å². The van der Waals surface area contributed by atoms with Crippen LogP contribution in [0, 0.1) is 0 Å². The first-order chi connectivity index (χ1) is 9.00. The van der Waals surface area contributed by atoms with E-state index in [1.165, 1.54) is 47.7 Å². The van der Waals surface area contributed by atoms with Gasteiger partial charge in [0.2, 0.25) is 0 Å². The van der Waals surface area contributed by atoms with Crippen LogP contribution in [-0.2, 0) is 17.7 Å². The second kappa shape index (κ2) is 6.59. The van der Waals surface area contributed by atoms with Gasteiger partial charge < -0.3 is 5.73 Å². The number of nitrogens with zero attached hydrogens (tertiary/aromatic N) is 1. The summed E-state index contributed by atoms with van der Waals surface area (Å²) in [6, 6.07) is 0. The molecule has 0 saturated heterocycles. The molecule has 1 aromatic rings. The van der Waals surface area contributed by atoms with Crippen LogP contribution in [0.4, 0.5) is 0 Å². The van der Waals surface area contributed by atoms with E-state index in [0.717, 1.165) is 11.0 Å². The zero-order valence-electron chi connectivity index (χ0n) is 12.4.